The second-order valence-electron chi connectivity index (χ2n) is 7.86. The summed E-state index contributed by atoms with van der Waals surface area (Å²) in [5.74, 6) is 0.669. The maximum absolute atomic E-state index is 13.6. The quantitative estimate of drug-likeness (QED) is 0.399. The number of aromatic nitrogens is 2. The third-order valence-electron chi connectivity index (χ3n) is 5.41. The molecule has 1 aromatic heterocycles. The van der Waals surface area contributed by atoms with Crippen LogP contribution in [0.25, 0.3) is 11.1 Å². The van der Waals surface area contributed by atoms with Crippen LogP contribution in [0.1, 0.15) is 24.1 Å². The van der Waals surface area contributed by atoms with Crippen LogP contribution in [0.3, 0.4) is 0 Å². The van der Waals surface area contributed by atoms with E-state index < -0.39 is 11.9 Å². The lowest BCUT2D eigenvalue weighted by Gasteiger charge is -2.29. The predicted molar refractivity (Wildman–Crippen MR) is 129 cm³/mol. The minimum absolute atomic E-state index is 0. The van der Waals surface area contributed by atoms with E-state index in [2.05, 4.69) is 15.1 Å². The van der Waals surface area contributed by atoms with Crippen LogP contribution in [0.5, 0.6) is 11.6 Å². The fraction of sp³-hybridized carbons (Fsp3) is 0.333. The Bertz CT molecular complexity index is 1030. The van der Waals surface area contributed by atoms with Gasteiger partial charge in [-0.25, -0.2) is 0 Å². The first-order valence-corrected chi connectivity index (χ1v) is 10.5. The minimum atomic E-state index is -4.63. The third-order valence-corrected chi connectivity index (χ3v) is 5.41. The number of hydrogen-bond acceptors (Lipinski definition) is 5. The second-order valence-corrected chi connectivity index (χ2v) is 7.86. The molecule has 3 aromatic rings. The molecule has 0 radical (unpaired) electrons. The Labute approximate surface area is 209 Å². The zero-order valence-electron chi connectivity index (χ0n) is 18.5. The number of benzene rings is 2. The maximum atomic E-state index is 13.6. The number of halogens is 5. The van der Waals surface area contributed by atoms with Gasteiger partial charge in [-0.2, -0.15) is 13.2 Å². The fourth-order valence-electron chi connectivity index (χ4n) is 3.61. The molecule has 0 atom stereocenters. The van der Waals surface area contributed by atoms with Crippen LogP contribution >= 0.6 is 24.8 Å². The van der Waals surface area contributed by atoms with Gasteiger partial charge in [-0.3, -0.25) is 0 Å². The highest BCUT2D eigenvalue weighted by molar-refractivity contribution is 5.85. The van der Waals surface area contributed by atoms with Crippen molar-refractivity contribution in [2.45, 2.75) is 31.7 Å². The first-order valence-electron chi connectivity index (χ1n) is 10.5. The highest BCUT2D eigenvalue weighted by Crippen LogP contribution is 2.37. The smallest absolute Gasteiger partial charge is 0.435 e. The van der Waals surface area contributed by atoms with Crippen LogP contribution in [0.4, 0.5) is 13.2 Å². The number of ether oxygens (including phenoxy) is 2. The summed E-state index contributed by atoms with van der Waals surface area (Å²) in [6, 6.07) is 17.4. The number of alkyl halides is 3. The van der Waals surface area contributed by atoms with Crippen molar-refractivity contribution in [1.29, 1.82) is 0 Å². The molecule has 10 heteroatoms. The van der Waals surface area contributed by atoms with Gasteiger partial charge in [0.25, 0.3) is 0 Å². The lowest BCUT2D eigenvalue weighted by Crippen LogP contribution is -2.35. The lowest BCUT2D eigenvalue weighted by atomic mass is 10.0. The van der Waals surface area contributed by atoms with Crippen molar-refractivity contribution in [3.63, 3.8) is 0 Å². The predicted octanol–water partition coefficient (Wildman–Crippen LogP) is 6.06. The van der Waals surface area contributed by atoms with E-state index in [4.69, 9.17) is 9.47 Å². The number of likely N-dealkylation sites (tertiary alicyclic amines) is 1. The van der Waals surface area contributed by atoms with Crippen LogP contribution in [-0.4, -0.2) is 41.3 Å². The topological polar surface area (TPSA) is 47.5 Å². The standard InChI is InChI=1S/C24H24F3N3O2.2ClH/c1-30-13-11-20(12-14-30)32-22-15-21(23(29-28-22)24(25,26)27)18-7-9-19(10-8-18)31-16-17-5-3-2-4-6-17;;/h2-10,15,20H,11-14,16H2,1H3;2*1H. The van der Waals surface area contributed by atoms with Crippen molar-refractivity contribution in [3.05, 3.63) is 71.9 Å². The van der Waals surface area contributed by atoms with E-state index in [-0.39, 0.29) is 42.4 Å². The number of hydrogen-bond donors (Lipinski definition) is 0. The van der Waals surface area contributed by atoms with Gasteiger partial charge in [-0.15, -0.1) is 35.0 Å². The Kier molecular flexibility index (Phi) is 9.97. The molecule has 0 unspecified atom stereocenters. The molecule has 0 aliphatic carbocycles. The summed E-state index contributed by atoms with van der Waals surface area (Å²) in [6.45, 7) is 2.12. The second kappa shape index (κ2) is 12.2. The van der Waals surface area contributed by atoms with Crippen LogP contribution in [-0.2, 0) is 12.8 Å². The molecule has 0 N–H and O–H groups in total. The van der Waals surface area contributed by atoms with E-state index in [9.17, 15) is 13.2 Å². The van der Waals surface area contributed by atoms with E-state index in [1.165, 1.54) is 6.07 Å². The van der Waals surface area contributed by atoms with Gasteiger partial charge in [0.05, 0.1) is 0 Å². The molecular weight excluding hydrogens is 490 g/mol. The molecule has 4 rings (SSSR count). The van der Waals surface area contributed by atoms with E-state index in [1.807, 2.05) is 37.4 Å². The van der Waals surface area contributed by atoms with Crippen molar-refractivity contribution in [2.75, 3.05) is 20.1 Å². The monoisotopic (exact) mass is 515 g/mol. The van der Waals surface area contributed by atoms with Gasteiger partial charge in [0.1, 0.15) is 18.5 Å². The van der Waals surface area contributed by atoms with Gasteiger partial charge < -0.3 is 14.4 Å². The molecule has 0 saturated carbocycles. The Morgan fingerprint density at radius 3 is 2.21 bits per heavy atom. The highest BCUT2D eigenvalue weighted by atomic mass is 35.5. The Balaban J connectivity index is 0.00000204. The normalized spacial score (nSPS) is 14.6. The van der Waals surface area contributed by atoms with Gasteiger partial charge in [0, 0.05) is 24.7 Å². The summed E-state index contributed by atoms with van der Waals surface area (Å²) in [5, 5.41) is 7.16. The van der Waals surface area contributed by atoms with Crippen molar-refractivity contribution >= 4 is 24.8 Å². The Hall–Kier alpha value is -2.55. The summed E-state index contributed by atoms with van der Waals surface area (Å²) in [7, 11) is 2.03. The summed E-state index contributed by atoms with van der Waals surface area (Å²) in [5.41, 5.74) is 0.272. The Morgan fingerprint density at radius 2 is 1.59 bits per heavy atom. The molecule has 34 heavy (non-hydrogen) atoms. The number of nitrogens with zero attached hydrogens (tertiary/aromatic N) is 3. The summed E-state index contributed by atoms with van der Waals surface area (Å²) in [6.07, 6.45) is -3.13. The summed E-state index contributed by atoms with van der Waals surface area (Å²) >= 11 is 0. The first-order chi connectivity index (χ1) is 15.4. The zero-order valence-corrected chi connectivity index (χ0v) is 20.1. The summed E-state index contributed by atoms with van der Waals surface area (Å²) < 4.78 is 52.3. The molecule has 184 valence electrons. The highest BCUT2D eigenvalue weighted by Gasteiger charge is 2.37. The number of piperidine rings is 1. The van der Waals surface area contributed by atoms with Crippen molar-refractivity contribution in [2.24, 2.45) is 0 Å². The molecule has 1 fully saturated rings. The van der Waals surface area contributed by atoms with E-state index >= 15 is 0 Å². The summed E-state index contributed by atoms with van der Waals surface area (Å²) in [4.78, 5) is 2.19. The number of rotatable bonds is 6. The van der Waals surface area contributed by atoms with Gasteiger partial charge in [0.15, 0.2) is 5.69 Å². The maximum Gasteiger partial charge on any atom is 0.435 e. The molecule has 0 spiro atoms. The van der Waals surface area contributed by atoms with Gasteiger partial charge in [-0.1, -0.05) is 42.5 Å². The molecule has 1 aliphatic heterocycles. The van der Waals surface area contributed by atoms with E-state index in [0.717, 1.165) is 31.5 Å². The third kappa shape index (κ3) is 7.22. The molecule has 1 saturated heterocycles. The molecule has 2 aromatic carbocycles. The lowest BCUT2D eigenvalue weighted by molar-refractivity contribution is -0.141. The van der Waals surface area contributed by atoms with Crippen LogP contribution < -0.4 is 9.47 Å². The van der Waals surface area contributed by atoms with Crippen molar-refractivity contribution in [3.8, 4) is 22.8 Å². The Morgan fingerprint density at radius 1 is 0.941 bits per heavy atom. The molecule has 0 amide bonds. The zero-order chi connectivity index (χ0) is 22.6. The average Bonchev–Trinajstić information content (AvgIpc) is 2.79. The SMILES string of the molecule is CN1CCC(Oc2cc(-c3ccc(OCc4ccccc4)cc3)c(C(F)(F)F)nn2)CC1.Cl.Cl. The van der Waals surface area contributed by atoms with Crippen molar-refractivity contribution in [1.82, 2.24) is 15.1 Å². The minimum Gasteiger partial charge on any atom is -0.489 e. The van der Waals surface area contributed by atoms with Crippen LogP contribution in [0.2, 0.25) is 0 Å². The molecule has 1 aliphatic rings. The molecular formula is C24H26Cl2F3N3O2. The molecule has 0 bridgehead atoms. The van der Waals surface area contributed by atoms with Crippen LogP contribution in [0, 0.1) is 0 Å². The van der Waals surface area contributed by atoms with E-state index in [0.29, 0.717) is 17.9 Å². The molecule has 5 nitrogen and oxygen atoms in total. The van der Waals surface area contributed by atoms with E-state index in [1.54, 1.807) is 24.3 Å². The van der Waals surface area contributed by atoms with Crippen LogP contribution in [0.15, 0.2) is 60.7 Å². The first kappa shape index (κ1) is 27.7. The average molecular weight is 516 g/mol. The molecule has 2 heterocycles. The van der Waals surface area contributed by atoms with Gasteiger partial charge >= 0.3 is 6.18 Å². The largest absolute Gasteiger partial charge is 0.489 e. The van der Waals surface area contributed by atoms with Gasteiger partial charge in [-0.05, 0) is 43.1 Å². The fourth-order valence-corrected chi connectivity index (χ4v) is 3.61. The van der Waals surface area contributed by atoms with Crippen molar-refractivity contribution < 1.29 is 22.6 Å². The van der Waals surface area contributed by atoms with Gasteiger partial charge in [0.2, 0.25) is 5.88 Å².